The molecule has 0 unspecified atom stereocenters. The molecule has 114 valence electrons. The first kappa shape index (κ1) is 13.6. The number of nitrogens with one attached hydrogen (secondary N) is 1. The van der Waals surface area contributed by atoms with Crippen LogP contribution in [0.3, 0.4) is 0 Å². The molecule has 2 fully saturated rings. The topological polar surface area (TPSA) is 21.3 Å². The maximum absolute atomic E-state index is 5.95. The highest BCUT2D eigenvalue weighted by Gasteiger charge is 2.40. The molecule has 0 atom stereocenters. The normalized spacial score (nSPS) is 23.2. The lowest BCUT2D eigenvalue weighted by Crippen LogP contribution is -2.25. The average molecular weight is 285 g/mol. The lowest BCUT2D eigenvalue weighted by molar-refractivity contribution is 0.138. The van der Waals surface area contributed by atoms with E-state index >= 15 is 0 Å². The van der Waals surface area contributed by atoms with Gasteiger partial charge < -0.3 is 10.1 Å². The summed E-state index contributed by atoms with van der Waals surface area (Å²) in [7, 11) is 0. The quantitative estimate of drug-likeness (QED) is 0.855. The summed E-state index contributed by atoms with van der Waals surface area (Å²) in [6.07, 6.45) is 6.95. The SMILES string of the molecule is CC1(C)Cc2cc(CNCC(C3CC3)C3CC3)ccc2O1. The number of fused-ring (bicyclic) bond motifs is 1. The first-order chi connectivity index (χ1) is 10.1. The Morgan fingerprint density at radius 3 is 2.57 bits per heavy atom. The van der Waals surface area contributed by atoms with Crippen molar-refractivity contribution in [2.75, 3.05) is 6.54 Å². The Morgan fingerprint density at radius 2 is 1.90 bits per heavy atom. The number of rotatable bonds is 6. The number of benzene rings is 1. The summed E-state index contributed by atoms with van der Waals surface area (Å²) in [5, 5.41) is 3.72. The standard InChI is InChI=1S/C19H27NO/c1-19(2)10-16-9-13(3-8-18(16)21-19)11-20-12-17(14-4-5-14)15-6-7-15/h3,8-9,14-15,17,20H,4-7,10-12H2,1-2H3. The van der Waals surface area contributed by atoms with E-state index in [0.29, 0.717) is 0 Å². The van der Waals surface area contributed by atoms with Crippen LogP contribution in [0.4, 0.5) is 0 Å². The van der Waals surface area contributed by atoms with Crippen LogP contribution in [0.1, 0.15) is 50.7 Å². The van der Waals surface area contributed by atoms with Crippen LogP contribution < -0.4 is 10.1 Å². The van der Waals surface area contributed by atoms with Crippen molar-refractivity contribution in [1.29, 1.82) is 0 Å². The lowest BCUT2D eigenvalue weighted by atomic mass is 9.97. The van der Waals surface area contributed by atoms with Gasteiger partial charge in [0, 0.05) is 13.0 Å². The molecule has 2 saturated carbocycles. The van der Waals surface area contributed by atoms with E-state index < -0.39 is 0 Å². The molecule has 0 saturated heterocycles. The maximum atomic E-state index is 5.95. The summed E-state index contributed by atoms with van der Waals surface area (Å²) in [6, 6.07) is 6.71. The van der Waals surface area contributed by atoms with Gasteiger partial charge in [-0.2, -0.15) is 0 Å². The first-order valence-electron chi connectivity index (χ1n) is 8.62. The minimum atomic E-state index is -0.0303. The smallest absolute Gasteiger partial charge is 0.123 e. The molecule has 0 bridgehead atoms. The van der Waals surface area contributed by atoms with Gasteiger partial charge >= 0.3 is 0 Å². The van der Waals surface area contributed by atoms with Crippen molar-refractivity contribution >= 4 is 0 Å². The molecule has 0 spiro atoms. The summed E-state index contributed by atoms with van der Waals surface area (Å²) >= 11 is 0. The Morgan fingerprint density at radius 1 is 1.19 bits per heavy atom. The molecule has 3 aliphatic rings. The van der Waals surface area contributed by atoms with Crippen molar-refractivity contribution in [3.63, 3.8) is 0 Å². The molecule has 1 N–H and O–H groups in total. The van der Waals surface area contributed by atoms with E-state index in [0.717, 1.165) is 36.5 Å². The highest BCUT2D eigenvalue weighted by atomic mass is 16.5. The molecule has 4 rings (SSSR count). The summed E-state index contributed by atoms with van der Waals surface area (Å²) in [6.45, 7) is 6.56. The van der Waals surface area contributed by atoms with E-state index in [9.17, 15) is 0 Å². The average Bonchev–Trinajstić information content (AvgIpc) is 3.31. The Balaban J connectivity index is 1.33. The van der Waals surface area contributed by atoms with Crippen molar-refractivity contribution in [1.82, 2.24) is 5.32 Å². The molecule has 0 radical (unpaired) electrons. The molecule has 0 amide bonds. The van der Waals surface area contributed by atoms with Crippen molar-refractivity contribution in [3.05, 3.63) is 29.3 Å². The summed E-state index contributed by atoms with van der Waals surface area (Å²) in [5.74, 6) is 4.12. The summed E-state index contributed by atoms with van der Waals surface area (Å²) in [4.78, 5) is 0. The van der Waals surface area contributed by atoms with E-state index in [-0.39, 0.29) is 5.60 Å². The van der Waals surface area contributed by atoms with Crippen LogP contribution in [0.25, 0.3) is 0 Å². The van der Waals surface area contributed by atoms with E-state index in [4.69, 9.17) is 4.74 Å². The summed E-state index contributed by atoms with van der Waals surface area (Å²) < 4.78 is 5.95. The molecule has 1 aromatic carbocycles. The zero-order valence-electron chi connectivity index (χ0n) is 13.3. The van der Waals surface area contributed by atoms with Crippen molar-refractivity contribution in [3.8, 4) is 5.75 Å². The minimum Gasteiger partial charge on any atom is -0.487 e. The van der Waals surface area contributed by atoms with Crippen LogP contribution in [-0.2, 0) is 13.0 Å². The van der Waals surface area contributed by atoms with Gasteiger partial charge in [-0.05, 0) is 81.0 Å². The zero-order chi connectivity index (χ0) is 14.4. The molecule has 2 heteroatoms. The van der Waals surface area contributed by atoms with E-state index in [2.05, 4.69) is 37.4 Å². The van der Waals surface area contributed by atoms with Gasteiger partial charge in [0.25, 0.3) is 0 Å². The molecular formula is C19H27NO. The van der Waals surface area contributed by atoms with Crippen molar-refractivity contribution in [2.45, 2.75) is 58.1 Å². The zero-order valence-corrected chi connectivity index (χ0v) is 13.3. The van der Waals surface area contributed by atoms with Gasteiger partial charge in [-0.25, -0.2) is 0 Å². The summed E-state index contributed by atoms with van der Waals surface area (Å²) in [5.41, 5.74) is 2.75. The number of ether oxygens (including phenoxy) is 1. The van der Waals surface area contributed by atoms with Gasteiger partial charge in [0.05, 0.1) is 0 Å². The third-order valence-electron chi connectivity index (χ3n) is 5.29. The predicted molar refractivity (Wildman–Crippen MR) is 85.5 cm³/mol. The van der Waals surface area contributed by atoms with Gasteiger partial charge in [-0.1, -0.05) is 12.1 Å². The Labute approximate surface area is 128 Å². The van der Waals surface area contributed by atoms with Gasteiger partial charge in [0.15, 0.2) is 0 Å². The molecule has 1 aliphatic heterocycles. The Hall–Kier alpha value is -1.02. The van der Waals surface area contributed by atoms with Gasteiger partial charge in [-0.15, -0.1) is 0 Å². The first-order valence-corrected chi connectivity index (χ1v) is 8.62. The molecule has 1 heterocycles. The van der Waals surface area contributed by atoms with E-state index in [1.54, 1.807) is 0 Å². The fourth-order valence-corrected chi connectivity index (χ4v) is 3.92. The predicted octanol–water partition coefficient (Wildman–Crippen LogP) is 3.93. The number of hydrogen-bond donors (Lipinski definition) is 1. The Kier molecular flexibility index (Phi) is 3.25. The van der Waals surface area contributed by atoms with Crippen LogP contribution in [0.15, 0.2) is 18.2 Å². The van der Waals surface area contributed by atoms with Crippen molar-refractivity contribution < 1.29 is 4.74 Å². The van der Waals surface area contributed by atoms with Gasteiger partial charge in [0.1, 0.15) is 11.4 Å². The highest BCUT2D eigenvalue weighted by molar-refractivity contribution is 5.41. The van der Waals surface area contributed by atoms with Crippen LogP contribution in [-0.4, -0.2) is 12.1 Å². The number of hydrogen-bond acceptors (Lipinski definition) is 2. The second kappa shape index (κ2) is 5.01. The van der Waals surface area contributed by atoms with Crippen LogP contribution in [0, 0.1) is 17.8 Å². The van der Waals surface area contributed by atoms with E-state index in [1.165, 1.54) is 43.4 Å². The second-order valence-electron chi connectivity index (χ2n) is 7.95. The Bertz CT molecular complexity index is 516. The minimum absolute atomic E-state index is 0.0303. The van der Waals surface area contributed by atoms with Crippen molar-refractivity contribution in [2.24, 2.45) is 17.8 Å². The van der Waals surface area contributed by atoms with Crippen LogP contribution in [0.5, 0.6) is 5.75 Å². The third-order valence-corrected chi connectivity index (χ3v) is 5.29. The molecule has 2 nitrogen and oxygen atoms in total. The van der Waals surface area contributed by atoms with Crippen LogP contribution >= 0.6 is 0 Å². The molecule has 0 aromatic heterocycles. The third kappa shape index (κ3) is 3.11. The molecule has 1 aromatic rings. The highest BCUT2D eigenvalue weighted by Crippen LogP contribution is 2.48. The molecular weight excluding hydrogens is 258 g/mol. The fourth-order valence-electron chi connectivity index (χ4n) is 3.92. The van der Waals surface area contributed by atoms with Crippen LogP contribution in [0.2, 0.25) is 0 Å². The lowest BCUT2D eigenvalue weighted by Gasteiger charge is -2.16. The van der Waals surface area contributed by atoms with E-state index in [1.807, 2.05) is 0 Å². The molecule has 2 aliphatic carbocycles. The second-order valence-corrected chi connectivity index (χ2v) is 7.95. The van der Waals surface area contributed by atoms with Gasteiger partial charge in [-0.3, -0.25) is 0 Å². The molecule has 21 heavy (non-hydrogen) atoms. The maximum Gasteiger partial charge on any atom is 0.123 e. The van der Waals surface area contributed by atoms with Gasteiger partial charge in [0.2, 0.25) is 0 Å². The fraction of sp³-hybridized carbons (Fsp3) is 0.684. The monoisotopic (exact) mass is 285 g/mol. The largest absolute Gasteiger partial charge is 0.487 e.